The summed E-state index contributed by atoms with van der Waals surface area (Å²) in [5.74, 6) is 0.951. The molecular formula is C19H12N2S. The molecule has 1 aliphatic heterocycles. The van der Waals surface area contributed by atoms with E-state index in [0.717, 1.165) is 11.3 Å². The van der Waals surface area contributed by atoms with Gasteiger partial charge in [-0.3, -0.25) is 0 Å². The molecule has 2 nitrogen and oxygen atoms in total. The van der Waals surface area contributed by atoms with Crippen molar-refractivity contribution in [3.05, 3.63) is 66.7 Å². The fourth-order valence-corrected chi connectivity index (χ4v) is 3.98. The van der Waals surface area contributed by atoms with Crippen LogP contribution in [0.2, 0.25) is 0 Å². The van der Waals surface area contributed by atoms with Crippen molar-refractivity contribution in [3.8, 4) is 0 Å². The highest BCUT2D eigenvalue weighted by molar-refractivity contribution is 7.99. The lowest BCUT2D eigenvalue weighted by Crippen LogP contribution is -2.03. The summed E-state index contributed by atoms with van der Waals surface area (Å²) < 4.78 is 0. The maximum absolute atomic E-state index is 4.79. The molecule has 0 spiro atoms. The fraction of sp³-hybridized carbons (Fsp3) is 0. The molecule has 0 amide bonds. The molecule has 0 radical (unpaired) electrons. The molecule has 0 saturated heterocycles. The average molecular weight is 300 g/mol. The summed E-state index contributed by atoms with van der Waals surface area (Å²) in [6.07, 6.45) is 0. The molecule has 104 valence electrons. The number of hydrogen-bond donors (Lipinski definition) is 1. The summed E-state index contributed by atoms with van der Waals surface area (Å²) in [7, 11) is 0. The Morgan fingerprint density at radius 1 is 0.773 bits per heavy atom. The van der Waals surface area contributed by atoms with Crippen molar-refractivity contribution in [2.24, 2.45) is 0 Å². The molecule has 1 aromatic heterocycles. The first-order valence-corrected chi connectivity index (χ1v) is 8.06. The number of hydrogen-bond acceptors (Lipinski definition) is 3. The Labute approximate surface area is 132 Å². The average Bonchev–Trinajstić information content (AvgIpc) is 2.58. The molecule has 0 aliphatic carbocycles. The molecule has 3 aromatic carbocycles. The number of aromatic nitrogens is 1. The summed E-state index contributed by atoms with van der Waals surface area (Å²) in [6.45, 7) is 0. The first-order valence-electron chi connectivity index (χ1n) is 7.25. The van der Waals surface area contributed by atoms with E-state index in [1.165, 1.54) is 31.6 Å². The molecule has 2 heterocycles. The smallest absolute Gasteiger partial charge is 0.145 e. The van der Waals surface area contributed by atoms with Gasteiger partial charge in [0, 0.05) is 15.7 Å². The molecule has 0 saturated carbocycles. The Kier molecular flexibility index (Phi) is 2.46. The Morgan fingerprint density at radius 3 is 2.55 bits per heavy atom. The highest BCUT2D eigenvalue weighted by atomic mass is 32.2. The van der Waals surface area contributed by atoms with Gasteiger partial charge in [-0.15, -0.1) is 0 Å². The van der Waals surface area contributed by atoms with Crippen molar-refractivity contribution in [2.75, 3.05) is 5.32 Å². The Hall–Kier alpha value is -2.52. The van der Waals surface area contributed by atoms with Crippen LogP contribution in [-0.2, 0) is 0 Å². The van der Waals surface area contributed by atoms with Crippen LogP contribution in [0, 0.1) is 0 Å². The van der Waals surface area contributed by atoms with Gasteiger partial charge in [0.25, 0.3) is 0 Å². The van der Waals surface area contributed by atoms with Gasteiger partial charge >= 0.3 is 0 Å². The summed E-state index contributed by atoms with van der Waals surface area (Å²) in [4.78, 5) is 7.22. The molecule has 5 rings (SSSR count). The molecular weight excluding hydrogens is 288 g/mol. The maximum Gasteiger partial charge on any atom is 0.145 e. The molecule has 3 heteroatoms. The molecule has 1 N–H and O–H groups in total. The van der Waals surface area contributed by atoms with E-state index in [0.29, 0.717) is 0 Å². The van der Waals surface area contributed by atoms with E-state index < -0.39 is 0 Å². The molecule has 0 atom stereocenters. The Bertz CT molecular complexity index is 1030. The van der Waals surface area contributed by atoms with Crippen LogP contribution >= 0.6 is 11.8 Å². The predicted molar refractivity (Wildman–Crippen MR) is 93.1 cm³/mol. The van der Waals surface area contributed by atoms with Gasteiger partial charge < -0.3 is 5.32 Å². The second-order valence-corrected chi connectivity index (χ2v) is 6.50. The van der Waals surface area contributed by atoms with E-state index in [4.69, 9.17) is 4.98 Å². The summed E-state index contributed by atoms with van der Waals surface area (Å²) >= 11 is 1.79. The monoisotopic (exact) mass is 300 g/mol. The third kappa shape index (κ3) is 1.72. The van der Waals surface area contributed by atoms with Gasteiger partial charge in [-0.1, -0.05) is 60.3 Å². The van der Waals surface area contributed by atoms with Gasteiger partial charge in [-0.25, -0.2) is 4.98 Å². The zero-order chi connectivity index (χ0) is 14.5. The highest BCUT2D eigenvalue weighted by Gasteiger charge is 2.19. The van der Waals surface area contributed by atoms with E-state index in [1.54, 1.807) is 11.8 Å². The molecule has 1 aliphatic rings. The molecule has 0 fully saturated rings. The number of nitrogens with zero attached hydrogens (tertiary/aromatic N) is 1. The number of para-hydroxylation sites is 1. The number of fused-ring (bicyclic) bond motifs is 5. The minimum absolute atomic E-state index is 0.951. The lowest BCUT2D eigenvalue weighted by Gasteiger charge is -2.22. The van der Waals surface area contributed by atoms with Crippen molar-refractivity contribution < 1.29 is 0 Å². The summed E-state index contributed by atoms with van der Waals surface area (Å²) in [5, 5.41) is 7.22. The predicted octanol–water partition coefficient (Wildman–Crippen LogP) is 5.60. The topological polar surface area (TPSA) is 24.9 Å². The summed E-state index contributed by atoms with van der Waals surface area (Å²) in [5.41, 5.74) is 2.19. The van der Waals surface area contributed by atoms with E-state index in [1.807, 2.05) is 6.07 Å². The van der Waals surface area contributed by atoms with Gasteiger partial charge in [0.15, 0.2) is 0 Å². The zero-order valence-corrected chi connectivity index (χ0v) is 12.5. The SMILES string of the molecule is c1ccc2nc3c(cc2c1)Sc1ccc2ccccc2c1N3. The number of anilines is 2. The first kappa shape index (κ1) is 12.1. The minimum Gasteiger partial charge on any atom is -0.338 e. The van der Waals surface area contributed by atoms with E-state index in [9.17, 15) is 0 Å². The molecule has 0 unspecified atom stereocenters. The fourth-order valence-electron chi connectivity index (χ4n) is 2.97. The maximum atomic E-state index is 4.79. The third-order valence-electron chi connectivity index (χ3n) is 4.04. The number of pyridine rings is 1. The van der Waals surface area contributed by atoms with Crippen LogP contribution in [0.25, 0.3) is 21.7 Å². The lowest BCUT2D eigenvalue weighted by atomic mass is 10.1. The van der Waals surface area contributed by atoms with Crippen molar-refractivity contribution in [1.82, 2.24) is 4.98 Å². The van der Waals surface area contributed by atoms with Crippen molar-refractivity contribution in [3.63, 3.8) is 0 Å². The molecule has 22 heavy (non-hydrogen) atoms. The van der Waals surface area contributed by atoms with Gasteiger partial charge in [-0.2, -0.15) is 0 Å². The zero-order valence-electron chi connectivity index (χ0n) is 11.7. The lowest BCUT2D eigenvalue weighted by molar-refractivity contribution is 1.24. The number of rotatable bonds is 0. The minimum atomic E-state index is 0.951. The van der Waals surface area contributed by atoms with Gasteiger partial charge in [0.05, 0.1) is 16.1 Å². The van der Waals surface area contributed by atoms with Crippen LogP contribution < -0.4 is 5.32 Å². The van der Waals surface area contributed by atoms with Crippen LogP contribution in [0.4, 0.5) is 11.5 Å². The van der Waals surface area contributed by atoms with E-state index in [2.05, 4.69) is 66.0 Å². The second-order valence-electron chi connectivity index (χ2n) is 5.41. The standard InChI is InChI=1S/C19H12N2S/c1-3-7-14-12(5-1)9-10-16-18(14)21-19-17(22-16)11-13-6-2-4-8-15(13)20-19/h1-11H,(H,20,21). The summed E-state index contributed by atoms with van der Waals surface area (Å²) in [6, 6.07) is 23.3. The van der Waals surface area contributed by atoms with Crippen LogP contribution in [0.5, 0.6) is 0 Å². The molecule has 4 aromatic rings. The van der Waals surface area contributed by atoms with Crippen molar-refractivity contribution >= 4 is 44.9 Å². The van der Waals surface area contributed by atoms with Gasteiger partial charge in [0.2, 0.25) is 0 Å². The Morgan fingerprint density at radius 2 is 1.59 bits per heavy atom. The largest absolute Gasteiger partial charge is 0.338 e. The number of nitrogens with one attached hydrogen (secondary N) is 1. The van der Waals surface area contributed by atoms with Gasteiger partial charge in [-0.05, 0) is 23.6 Å². The van der Waals surface area contributed by atoms with E-state index in [-0.39, 0.29) is 0 Å². The normalized spacial score (nSPS) is 12.7. The van der Waals surface area contributed by atoms with Crippen LogP contribution in [0.15, 0.2) is 76.5 Å². The second kappa shape index (κ2) is 4.49. The Balaban J connectivity index is 1.75. The van der Waals surface area contributed by atoms with Crippen molar-refractivity contribution in [1.29, 1.82) is 0 Å². The van der Waals surface area contributed by atoms with Crippen LogP contribution in [-0.4, -0.2) is 4.98 Å². The quantitative estimate of drug-likeness (QED) is 0.403. The third-order valence-corrected chi connectivity index (χ3v) is 5.13. The van der Waals surface area contributed by atoms with Gasteiger partial charge in [0.1, 0.15) is 5.82 Å². The highest BCUT2D eigenvalue weighted by Crippen LogP contribution is 2.46. The number of benzene rings is 3. The van der Waals surface area contributed by atoms with E-state index >= 15 is 0 Å². The first-order chi connectivity index (χ1) is 10.9. The van der Waals surface area contributed by atoms with Crippen LogP contribution in [0.1, 0.15) is 0 Å². The van der Waals surface area contributed by atoms with Crippen LogP contribution in [0.3, 0.4) is 0 Å². The molecule has 0 bridgehead atoms. The van der Waals surface area contributed by atoms with Crippen molar-refractivity contribution in [2.45, 2.75) is 9.79 Å².